The summed E-state index contributed by atoms with van der Waals surface area (Å²) in [7, 11) is 0. The number of benzene rings is 1. The molecular formula is C14H17N3S. The third-order valence-electron chi connectivity index (χ3n) is 3.67. The maximum absolute atomic E-state index is 4.21. The molecule has 0 amide bonds. The molecule has 1 heterocycles. The van der Waals surface area contributed by atoms with Crippen molar-refractivity contribution >= 4 is 11.5 Å². The molecular weight excluding hydrogens is 242 g/mol. The van der Waals surface area contributed by atoms with E-state index in [2.05, 4.69) is 51.5 Å². The first-order valence-electron chi connectivity index (χ1n) is 6.46. The first kappa shape index (κ1) is 11.8. The summed E-state index contributed by atoms with van der Waals surface area (Å²) in [5.41, 5.74) is 4.11. The molecule has 0 radical (unpaired) electrons. The van der Waals surface area contributed by atoms with Gasteiger partial charge in [-0.05, 0) is 48.0 Å². The van der Waals surface area contributed by atoms with E-state index in [1.807, 2.05) is 0 Å². The lowest BCUT2D eigenvalue weighted by Crippen LogP contribution is -2.27. The number of rotatable bonds is 5. The molecule has 2 unspecified atom stereocenters. The number of aromatic nitrogens is 2. The van der Waals surface area contributed by atoms with E-state index in [9.17, 15) is 0 Å². The number of fused-ring (bicyclic) bond motifs is 1. The number of nitrogens with zero attached hydrogens (tertiary/aromatic N) is 2. The van der Waals surface area contributed by atoms with Gasteiger partial charge in [0.2, 0.25) is 0 Å². The monoisotopic (exact) mass is 259 g/mol. The highest BCUT2D eigenvalue weighted by Crippen LogP contribution is 2.40. The van der Waals surface area contributed by atoms with Crippen molar-refractivity contribution in [2.75, 3.05) is 6.54 Å². The molecule has 1 N–H and O–H groups in total. The van der Waals surface area contributed by atoms with Crippen LogP contribution in [-0.2, 0) is 6.42 Å². The van der Waals surface area contributed by atoms with Gasteiger partial charge in [-0.2, -0.15) is 0 Å². The lowest BCUT2D eigenvalue weighted by atomic mass is 9.74. The van der Waals surface area contributed by atoms with E-state index in [1.165, 1.54) is 29.1 Å². The fourth-order valence-corrected chi connectivity index (χ4v) is 3.24. The summed E-state index contributed by atoms with van der Waals surface area (Å²) in [6, 6.07) is 9.09. The fourth-order valence-electron chi connectivity index (χ4n) is 2.74. The van der Waals surface area contributed by atoms with E-state index in [0.717, 1.165) is 18.7 Å². The van der Waals surface area contributed by atoms with Crippen LogP contribution in [0.2, 0.25) is 0 Å². The van der Waals surface area contributed by atoms with Crippen LogP contribution in [0.1, 0.15) is 42.1 Å². The summed E-state index contributed by atoms with van der Waals surface area (Å²) < 4.78 is 3.97. The van der Waals surface area contributed by atoms with Gasteiger partial charge in [-0.3, -0.25) is 0 Å². The Morgan fingerprint density at radius 3 is 3.06 bits per heavy atom. The van der Waals surface area contributed by atoms with Gasteiger partial charge in [-0.25, -0.2) is 0 Å². The maximum Gasteiger partial charge on any atom is 0.0924 e. The van der Waals surface area contributed by atoms with Crippen molar-refractivity contribution in [1.29, 1.82) is 0 Å². The average molecular weight is 259 g/mol. The first-order chi connectivity index (χ1) is 8.88. The molecule has 2 aromatic rings. The Bertz CT molecular complexity index is 510. The van der Waals surface area contributed by atoms with Gasteiger partial charge in [0.25, 0.3) is 0 Å². The summed E-state index contributed by atoms with van der Waals surface area (Å²) in [4.78, 5) is 0. The van der Waals surface area contributed by atoms with Gasteiger partial charge >= 0.3 is 0 Å². The van der Waals surface area contributed by atoms with E-state index in [1.54, 1.807) is 0 Å². The Kier molecular flexibility index (Phi) is 3.39. The van der Waals surface area contributed by atoms with Gasteiger partial charge in [0.05, 0.1) is 11.7 Å². The minimum atomic E-state index is 0.340. The Labute approximate surface area is 111 Å². The van der Waals surface area contributed by atoms with Crippen molar-refractivity contribution in [1.82, 2.24) is 14.9 Å². The van der Waals surface area contributed by atoms with Gasteiger partial charge in [0.1, 0.15) is 0 Å². The van der Waals surface area contributed by atoms with Crippen molar-refractivity contribution < 1.29 is 0 Å². The van der Waals surface area contributed by atoms with Crippen LogP contribution in [0.15, 0.2) is 29.6 Å². The molecule has 2 atom stereocenters. The van der Waals surface area contributed by atoms with Crippen LogP contribution in [0.3, 0.4) is 0 Å². The molecule has 4 heteroatoms. The summed E-state index contributed by atoms with van der Waals surface area (Å²) >= 11 is 1.43. The molecule has 0 spiro atoms. The normalized spacial score (nSPS) is 19.1. The molecule has 1 aliphatic carbocycles. The molecule has 0 bridgehead atoms. The molecule has 1 aromatic heterocycles. The highest BCUT2D eigenvalue weighted by atomic mass is 32.1. The molecule has 0 fully saturated rings. The smallest absolute Gasteiger partial charge is 0.0924 e. The largest absolute Gasteiger partial charge is 0.309 e. The van der Waals surface area contributed by atoms with Crippen molar-refractivity contribution in [2.45, 2.75) is 31.7 Å². The topological polar surface area (TPSA) is 37.8 Å². The number of hydrogen-bond acceptors (Lipinski definition) is 4. The second-order valence-corrected chi connectivity index (χ2v) is 5.39. The summed E-state index contributed by atoms with van der Waals surface area (Å²) in [5, 5.41) is 9.78. The van der Waals surface area contributed by atoms with Gasteiger partial charge < -0.3 is 5.32 Å². The molecule has 3 nitrogen and oxygen atoms in total. The van der Waals surface area contributed by atoms with Crippen molar-refractivity contribution in [3.8, 4) is 0 Å². The van der Waals surface area contributed by atoms with Crippen LogP contribution >= 0.6 is 11.5 Å². The van der Waals surface area contributed by atoms with Gasteiger partial charge in [-0.1, -0.05) is 35.7 Å². The second kappa shape index (κ2) is 5.16. The third-order valence-corrected chi connectivity index (χ3v) is 4.19. The Morgan fingerprint density at radius 2 is 2.33 bits per heavy atom. The highest BCUT2D eigenvalue weighted by Gasteiger charge is 2.29. The molecule has 0 aliphatic heterocycles. The van der Waals surface area contributed by atoms with Crippen molar-refractivity contribution in [3.05, 3.63) is 46.5 Å². The molecule has 1 aliphatic rings. The lowest BCUT2D eigenvalue weighted by molar-refractivity contribution is 0.428. The minimum absolute atomic E-state index is 0.340. The Balaban J connectivity index is 1.72. The van der Waals surface area contributed by atoms with Crippen molar-refractivity contribution in [2.24, 2.45) is 0 Å². The van der Waals surface area contributed by atoms with E-state index >= 15 is 0 Å². The standard InChI is InChI=1S/C14H17N3S/c1-2-15-13(14-9-18-17-16-14)8-11-7-10-5-3-4-6-12(10)11/h3-6,9,11,13,15H,2,7-8H2,1H3. The van der Waals surface area contributed by atoms with E-state index in [0.29, 0.717) is 12.0 Å². The fraction of sp³-hybridized carbons (Fsp3) is 0.429. The van der Waals surface area contributed by atoms with Crippen LogP contribution in [-0.4, -0.2) is 16.1 Å². The molecule has 94 valence electrons. The van der Waals surface area contributed by atoms with E-state index in [4.69, 9.17) is 0 Å². The predicted molar refractivity (Wildman–Crippen MR) is 73.8 cm³/mol. The molecule has 0 saturated carbocycles. The summed E-state index contributed by atoms with van der Waals surface area (Å²) in [5.74, 6) is 0.673. The van der Waals surface area contributed by atoms with Gasteiger partial charge in [0, 0.05) is 5.38 Å². The van der Waals surface area contributed by atoms with Crippen LogP contribution < -0.4 is 5.32 Å². The first-order valence-corrected chi connectivity index (χ1v) is 7.30. The van der Waals surface area contributed by atoms with Gasteiger partial charge in [0.15, 0.2) is 0 Å². The van der Waals surface area contributed by atoms with Crippen LogP contribution in [0.5, 0.6) is 0 Å². The zero-order chi connectivity index (χ0) is 12.4. The summed E-state index contributed by atoms with van der Waals surface area (Å²) in [6.45, 7) is 3.11. The predicted octanol–water partition coefficient (Wildman–Crippen LogP) is 2.92. The molecule has 0 saturated heterocycles. The summed E-state index contributed by atoms with van der Waals surface area (Å²) in [6.07, 6.45) is 2.33. The number of nitrogens with one attached hydrogen (secondary N) is 1. The van der Waals surface area contributed by atoms with Gasteiger partial charge in [-0.15, -0.1) is 5.10 Å². The minimum Gasteiger partial charge on any atom is -0.309 e. The zero-order valence-corrected chi connectivity index (χ0v) is 11.3. The maximum atomic E-state index is 4.21. The Hall–Kier alpha value is -1.26. The average Bonchev–Trinajstić information content (AvgIpc) is 2.88. The highest BCUT2D eigenvalue weighted by molar-refractivity contribution is 7.03. The molecule has 18 heavy (non-hydrogen) atoms. The van der Waals surface area contributed by atoms with Crippen LogP contribution in [0, 0.1) is 0 Å². The zero-order valence-electron chi connectivity index (χ0n) is 10.5. The van der Waals surface area contributed by atoms with Crippen LogP contribution in [0.25, 0.3) is 0 Å². The lowest BCUT2D eigenvalue weighted by Gasteiger charge is -2.32. The quantitative estimate of drug-likeness (QED) is 0.897. The van der Waals surface area contributed by atoms with E-state index in [-0.39, 0.29) is 0 Å². The van der Waals surface area contributed by atoms with E-state index < -0.39 is 0 Å². The Morgan fingerprint density at radius 1 is 1.44 bits per heavy atom. The third kappa shape index (κ3) is 2.18. The van der Waals surface area contributed by atoms with Crippen molar-refractivity contribution in [3.63, 3.8) is 0 Å². The number of hydrogen-bond donors (Lipinski definition) is 1. The van der Waals surface area contributed by atoms with Crippen LogP contribution in [0.4, 0.5) is 0 Å². The molecule has 3 rings (SSSR count). The second-order valence-electron chi connectivity index (χ2n) is 4.78. The molecule has 1 aromatic carbocycles. The SMILES string of the molecule is CCNC(CC1Cc2ccccc21)c1csnn1.